The molecule has 0 heterocycles. The van der Waals surface area contributed by atoms with Gasteiger partial charge in [0, 0.05) is 16.3 Å². The molecule has 2 nitrogen and oxygen atoms in total. The molecule has 1 aliphatic rings. The quantitative estimate of drug-likeness (QED) is 0.635. The maximum Gasteiger partial charge on any atom is 0.188 e. The Balaban J connectivity index is 2.23. The van der Waals surface area contributed by atoms with Crippen LogP contribution >= 0.6 is 11.6 Å². The first-order valence-corrected chi connectivity index (χ1v) is 6.84. The fourth-order valence-electron chi connectivity index (χ4n) is 2.33. The van der Waals surface area contributed by atoms with Crippen LogP contribution < -0.4 is 5.73 Å². The van der Waals surface area contributed by atoms with Crippen molar-refractivity contribution in [2.24, 2.45) is 0 Å². The molecule has 3 heteroatoms. The summed E-state index contributed by atoms with van der Waals surface area (Å²) in [6.45, 7) is 0. The highest BCUT2D eigenvalue weighted by atomic mass is 35.5. The van der Waals surface area contributed by atoms with Crippen molar-refractivity contribution in [3.63, 3.8) is 0 Å². The third-order valence-corrected chi connectivity index (χ3v) is 3.48. The van der Waals surface area contributed by atoms with Crippen molar-refractivity contribution in [1.29, 1.82) is 0 Å². The lowest BCUT2D eigenvalue weighted by molar-refractivity contribution is 0.102. The standard InChI is InChI=1S/C15H18ClNO/c16-13-8-12(9-14(17)10-13)15(18)11-6-4-2-1-3-5-7-11/h6,8-10H,1-5,7,17H2/b11-6+. The van der Waals surface area contributed by atoms with Gasteiger partial charge in [0.05, 0.1) is 0 Å². The van der Waals surface area contributed by atoms with Gasteiger partial charge in [0.1, 0.15) is 0 Å². The summed E-state index contributed by atoms with van der Waals surface area (Å²) < 4.78 is 0. The Morgan fingerprint density at radius 1 is 1.11 bits per heavy atom. The van der Waals surface area contributed by atoms with E-state index in [2.05, 4.69) is 6.08 Å². The van der Waals surface area contributed by atoms with E-state index in [0.29, 0.717) is 16.3 Å². The number of nitrogen functional groups attached to an aromatic ring is 1. The average Bonchev–Trinajstić information content (AvgIpc) is 2.26. The molecule has 0 aliphatic heterocycles. The van der Waals surface area contributed by atoms with Crippen LogP contribution in [-0.4, -0.2) is 5.78 Å². The lowest BCUT2D eigenvalue weighted by Gasteiger charge is -2.11. The molecule has 1 aromatic rings. The van der Waals surface area contributed by atoms with E-state index in [1.54, 1.807) is 18.2 Å². The highest BCUT2D eigenvalue weighted by Gasteiger charge is 2.14. The Bertz CT molecular complexity index is 459. The third-order valence-electron chi connectivity index (χ3n) is 3.26. The molecule has 1 aliphatic carbocycles. The van der Waals surface area contributed by atoms with E-state index in [1.165, 1.54) is 19.3 Å². The van der Waals surface area contributed by atoms with Gasteiger partial charge >= 0.3 is 0 Å². The Labute approximate surface area is 113 Å². The zero-order valence-electron chi connectivity index (χ0n) is 10.4. The van der Waals surface area contributed by atoms with E-state index in [1.807, 2.05) is 0 Å². The largest absolute Gasteiger partial charge is 0.399 e. The van der Waals surface area contributed by atoms with Crippen LogP contribution in [0.1, 0.15) is 48.9 Å². The lowest BCUT2D eigenvalue weighted by Crippen LogP contribution is -2.06. The van der Waals surface area contributed by atoms with Crippen molar-refractivity contribution in [3.8, 4) is 0 Å². The van der Waals surface area contributed by atoms with Crippen molar-refractivity contribution in [3.05, 3.63) is 40.4 Å². The molecule has 0 aromatic heterocycles. The topological polar surface area (TPSA) is 43.1 Å². The van der Waals surface area contributed by atoms with Gasteiger partial charge in [-0.1, -0.05) is 30.5 Å². The first kappa shape index (κ1) is 13.2. The van der Waals surface area contributed by atoms with Gasteiger partial charge in [-0.3, -0.25) is 4.79 Å². The molecule has 0 bridgehead atoms. The van der Waals surface area contributed by atoms with Crippen molar-refractivity contribution >= 4 is 23.1 Å². The number of Topliss-reactive ketones (excluding diaryl/α,β-unsaturated/α-hetero) is 1. The molecule has 2 N–H and O–H groups in total. The zero-order valence-corrected chi connectivity index (χ0v) is 11.2. The number of allylic oxidation sites excluding steroid dienone is 2. The van der Waals surface area contributed by atoms with Gasteiger partial charge in [-0.05, 0) is 49.5 Å². The number of hydrogen-bond acceptors (Lipinski definition) is 2. The summed E-state index contributed by atoms with van der Waals surface area (Å²) in [6, 6.07) is 5.05. The molecule has 2 rings (SSSR count). The predicted molar refractivity (Wildman–Crippen MR) is 76.0 cm³/mol. The second kappa shape index (κ2) is 6.05. The summed E-state index contributed by atoms with van der Waals surface area (Å²) >= 11 is 5.94. The molecule has 0 atom stereocenters. The van der Waals surface area contributed by atoms with Gasteiger partial charge in [-0.2, -0.15) is 0 Å². The zero-order chi connectivity index (χ0) is 13.0. The number of carbonyl (C=O) groups excluding carboxylic acids is 1. The molecule has 1 aromatic carbocycles. The van der Waals surface area contributed by atoms with E-state index in [0.717, 1.165) is 24.8 Å². The van der Waals surface area contributed by atoms with E-state index in [9.17, 15) is 4.79 Å². The molecule has 0 radical (unpaired) electrons. The van der Waals surface area contributed by atoms with Crippen LogP contribution in [0.3, 0.4) is 0 Å². The van der Waals surface area contributed by atoms with Gasteiger partial charge < -0.3 is 5.73 Å². The number of carbonyl (C=O) groups is 1. The number of ketones is 1. The number of nitrogens with two attached hydrogens (primary N) is 1. The number of halogens is 1. The van der Waals surface area contributed by atoms with E-state index in [4.69, 9.17) is 17.3 Å². The summed E-state index contributed by atoms with van der Waals surface area (Å²) in [4.78, 5) is 12.4. The summed E-state index contributed by atoms with van der Waals surface area (Å²) in [7, 11) is 0. The highest BCUT2D eigenvalue weighted by molar-refractivity contribution is 6.31. The van der Waals surface area contributed by atoms with Crippen LogP contribution in [0.15, 0.2) is 29.8 Å². The maximum absolute atomic E-state index is 12.4. The molecule has 0 saturated heterocycles. The molecule has 0 saturated carbocycles. The fourth-order valence-corrected chi connectivity index (χ4v) is 2.57. The second-order valence-electron chi connectivity index (χ2n) is 4.78. The third kappa shape index (κ3) is 3.36. The molecule has 0 unspecified atom stereocenters. The van der Waals surface area contributed by atoms with Crippen molar-refractivity contribution < 1.29 is 4.79 Å². The fraction of sp³-hybridized carbons (Fsp3) is 0.400. The molecular formula is C15H18ClNO. The minimum absolute atomic E-state index is 0.0751. The summed E-state index contributed by atoms with van der Waals surface area (Å²) in [6.07, 6.45) is 8.69. The first-order chi connectivity index (χ1) is 8.66. The Kier molecular flexibility index (Phi) is 4.43. The Morgan fingerprint density at radius 2 is 1.89 bits per heavy atom. The van der Waals surface area contributed by atoms with Crippen molar-refractivity contribution in [1.82, 2.24) is 0 Å². The van der Waals surface area contributed by atoms with Gasteiger partial charge in [0.15, 0.2) is 5.78 Å². The van der Waals surface area contributed by atoms with Gasteiger partial charge in [0.2, 0.25) is 0 Å². The first-order valence-electron chi connectivity index (χ1n) is 6.46. The van der Waals surface area contributed by atoms with Crippen LogP contribution in [0, 0.1) is 0 Å². The molecular weight excluding hydrogens is 246 g/mol. The smallest absolute Gasteiger partial charge is 0.188 e. The van der Waals surface area contributed by atoms with Gasteiger partial charge in [0.25, 0.3) is 0 Å². The SMILES string of the molecule is Nc1cc(Cl)cc(C(=O)/C2=C/CCCCCC2)c1. The van der Waals surface area contributed by atoms with Crippen LogP contribution in [-0.2, 0) is 0 Å². The summed E-state index contributed by atoms with van der Waals surface area (Å²) in [5.74, 6) is 0.0751. The van der Waals surface area contributed by atoms with E-state index < -0.39 is 0 Å². The van der Waals surface area contributed by atoms with Crippen LogP contribution in [0.25, 0.3) is 0 Å². The van der Waals surface area contributed by atoms with Crippen LogP contribution in [0.2, 0.25) is 5.02 Å². The van der Waals surface area contributed by atoms with Crippen molar-refractivity contribution in [2.45, 2.75) is 38.5 Å². The number of benzene rings is 1. The normalized spacial score (nSPS) is 19.5. The minimum atomic E-state index is 0.0751. The highest BCUT2D eigenvalue weighted by Crippen LogP contribution is 2.23. The van der Waals surface area contributed by atoms with Gasteiger partial charge in [-0.25, -0.2) is 0 Å². The lowest BCUT2D eigenvalue weighted by atomic mass is 9.94. The van der Waals surface area contributed by atoms with Crippen LogP contribution in [0.5, 0.6) is 0 Å². The van der Waals surface area contributed by atoms with E-state index >= 15 is 0 Å². The van der Waals surface area contributed by atoms with E-state index in [-0.39, 0.29) is 5.78 Å². The molecule has 0 fully saturated rings. The maximum atomic E-state index is 12.4. The Morgan fingerprint density at radius 3 is 2.67 bits per heavy atom. The number of anilines is 1. The molecule has 0 spiro atoms. The number of rotatable bonds is 2. The molecule has 0 amide bonds. The minimum Gasteiger partial charge on any atom is -0.399 e. The molecule has 18 heavy (non-hydrogen) atoms. The number of hydrogen-bond donors (Lipinski definition) is 1. The van der Waals surface area contributed by atoms with Crippen molar-refractivity contribution in [2.75, 3.05) is 5.73 Å². The molecule has 96 valence electrons. The monoisotopic (exact) mass is 263 g/mol. The Hall–Kier alpha value is -1.28. The summed E-state index contributed by atoms with van der Waals surface area (Å²) in [5, 5.41) is 0.518. The summed E-state index contributed by atoms with van der Waals surface area (Å²) in [5.41, 5.74) is 7.78. The second-order valence-corrected chi connectivity index (χ2v) is 5.22. The predicted octanol–water partition coefficient (Wildman–Crippen LogP) is 4.39. The average molecular weight is 264 g/mol. The van der Waals surface area contributed by atoms with Gasteiger partial charge in [-0.15, -0.1) is 0 Å². The van der Waals surface area contributed by atoms with Crippen LogP contribution in [0.4, 0.5) is 5.69 Å².